The Morgan fingerprint density at radius 2 is 1.88 bits per heavy atom. The van der Waals surface area contributed by atoms with E-state index in [1.54, 1.807) is 6.07 Å². The van der Waals surface area contributed by atoms with Gasteiger partial charge in [-0.1, -0.05) is 12.1 Å². The van der Waals surface area contributed by atoms with Crippen molar-refractivity contribution in [3.63, 3.8) is 0 Å². The second-order valence-electron chi connectivity index (χ2n) is 6.11. The molecule has 0 bridgehead atoms. The van der Waals surface area contributed by atoms with E-state index in [2.05, 4.69) is 5.32 Å². The number of nitrogens with one attached hydrogen (secondary N) is 1. The molecule has 1 amide bonds. The molecule has 1 fully saturated rings. The van der Waals surface area contributed by atoms with E-state index in [-0.39, 0.29) is 24.7 Å². The summed E-state index contributed by atoms with van der Waals surface area (Å²) in [6.07, 6.45) is -1.63. The largest absolute Gasteiger partial charge is 0.481 e. The molecule has 24 heavy (non-hydrogen) atoms. The van der Waals surface area contributed by atoms with E-state index >= 15 is 0 Å². The van der Waals surface area contributed by atoms with E-state index in [0.717, 1.165) is 25.0 Å². The number of hydrogen-bond acceptors (Lipinski definition) is 2. The van der Waals surface area contributed by atoms with Crippen LogP contribution in [0, 0.1) is 5.92 Å². The highest BCUT2D eigenvalue weighted by molar-refractivity contribution is 5.76. The quantitative estimate of drug-likeness (QED) is 0.703. The van der Waals surface area contributed by atoms with Crippen molar-refractivity contribution in [1.29, 1.82) is 0 Å². The summed E-state index contributed by atoms with van der Waals surface area (Å²) in [5.74, 6) is -0.999. The fourth-order valence-corrected chi connectivity index (χ4v) is 2.62. The van der Waals surface area contributed by atoms with Crippen LogP contribution in [0.25, 0.3) is 0 Å². The lowest BCUT2D eigenvalue weighted by molar-refractivity contribution is -0.138. The molecule has 1 aromatic rings. The van der Waals surface area contributed by atoms with Gasteiger partial charge in [-0.25, -0.2) is 0 Å². The van der Waals surface area contributed by atoms with Crippen LogP contribution >= 0.6 is 0 Å². The van der Waals surface area contributed by atoms with Crippen LogP contribution in [-0.4, -0.2) is 17.0 Å². The van der Waals surface area contributed by atoms with Crippen molar-refractivity contribution < 1.29 is 27.9 Å². The van der Waals surface area contributed by atoms with Crippen LogP contribution in [-0.2, 0) is 15.8 Å². The van der Waals surface area contributed by atoms with Crippen molar-refractivity contribution in [1.82, 2.24) is 5.32 Å². The molecule has 1 saturated carbocycles. The zero-order valence-corrected chi connectivity index (χ0v) is 13.1. The van der Waals surface area contributed by atoms with E-state index in [9.17, 15) is 22.8 Å². The summed E-state index contributed by atoms with van der Waals surface area (Å²) in [5, 5.41) is 11.4. The first kappa shape index (κ1) is 18.3. The maximum Gasteiger partial charge on any atom is 0.416 e. The molecule has 1 atom stereocenters. The molecule has 0 saturated heterocycles. The van der Waals surface area contributed by atoms with Crippen molar-refractivity contribution in [2.75, 3.05) is 0 Å². The van der Waals surface area contributed by atoms with E-state index in [1.165, 1.54) is 6.07 Å². The molecule has 1 aromatic carbocycles. The van der Waals surface area contributed by atoms with Gasteiger partial charge in [0, 0.05) is 12.8 Å². The third kappa shape index (κ3) is 5.54. The van der Waals surface area contributed by atoms with Crippen LogP contribution in [0.5, 0.6) is 0 Å². The van der Waals surface area contributed by atoms with Gasteiger partial charge in [0.05, 0.1) is 11.6 Å². The van der Waals surface area contributed by atoms with Gasteiger partial charge >= 0.3 is 12.1 Å². The Hall–Kier alpha value is -2.05. The fraction of sp³-hybridized carbons (Fsp3) is 0.529. The highest BCUT2D eigenvalue weighted by Crippen LogP contribution is 2.42. The molecule has 0 aromatic heterocycles. The molecule has 0 radical (unpaired) electrons. The summed E-state index contributed by atoms with van der Waals surface area (Å²) in [6.45, 7) is 0. The van der Waals surface area contributed by atoms with Gasteiger partial charge in [0.1, 0.15) is 0 Å². The summed E-state index contributed by atoms with van der Waals surface area (Å²) < 4.78 is 38.5. The van der Waals surface area contributed by atoms with Crippen LogP contribution in [0.2, 0.25) is 0 Å². The highest BCUT2D eigenvalue weighted by atomic mass is 19.4. The van der Waals surface area contributed by atoms with Crippen molar-refractivity contribution >= 4 is 11.9 Å². The zero-order chi connectivity index (χ0) is 17.7. The molecule has 1 aliphatic rings. The zero-order valence-electron chi connectivity index (χ0n) is 13.1. The number of carbonyl (C=O) groups is 2. The Morgan fingerprint density at radius 1 is 1.21 bits per heavy atom. The summed E-state index contributed by atoms with van der Waals surface area (Å²) in [7, 11) is 0. The lowest BCUT2D eigenvalue weighted by atomic mass is 9.99. The summed E-state index contributed by atoms with van der Waals surface area (Å²) >= 11 is 0. The van der Waals surface area contributed by atoms with Gasteiger partial charge in [0.15, 0.2) is 0 Å². The number of amides is 1. The minimum Gasteiger partial charge on any atom is -0.481 e. The molecule has 0 aliphatic heterocycles. The molecule has 2 N–H and O–H groups in total. The summed E-state index contributed by atoms with van der Waals surface area (Å²) in [4.78, 5) is 22.4. The Bertz CT molecular complexity index is 597. The first-order valence-corrected chi connectivity index (χ1v) is 7.95. The Kier molecular flexibility index (Phi) is 5.85. The number of halogens is 3. The number of carboxylic acid groups (broad SMARTS) is 1. The number of carboxylic acids is 1. The molecule has 1 unspecified atom stereocenters. The van der Waals surface area contributed by atoms with Gasteiger partial charge in [-0.2, -0.15) is 13.2 Å². The standard InChI is InChI=1S/C17H20F3NO3/c18-17(19,20)13-5-3-4-12(10-13)16(11-8-9-11)21-14(22)6-1-2-7-15(23)24/h3-5,10-11,16H,1-2,6-9H2,(H,21,22)(H,23,24). The van der Waals surface area contributed by atoms with E-state index in [4.69, 9.17) is 5.11 Å². The predicted molar refractivity (Wildman–Crippen MR) is 81.2 cm³/mol. The maximum atomic E-state index is 12.8. The molecule has 2 rings (SSSR count). The fourth-order valence-electron chi connectivity index (χ4n) is 2.62. The minimum atomic E-state index is -4.41. The molecular weight excluding hydrogens is 323 g/mol. The number of hydrogen-bond donors (Lipinski definition) is 2. The average Bonchev–Trinajstić information content (AvgIpc) is 3.33. The minimum absolute atomic E-state index is 0.00691. The maximum absolute atomic E-state index is 12.8. The monoisotopic (exact) mass is 343 g/mol. The summed E-state index contributed by atoms with van der Waals surface area (Å²) in [5.41, 5.74) is -0.257. The van der Waals surface area contributed by atoms with Gasteiger partial charge in [-0.05, 0) is 49.3 Å². The normalized spacial score (nSPS) is 15.8. The molecule has 0 heterocycles. The van der Waals surface area contributed by atoms with Crippen LogP contribution in [0.15, 0.2) is 24.3 Å². The lowest BCUT2D eigenvalue weighted by Crippen LogP contribution is -2.29. The average molecular weight is 343 g/mol. The van der Waals surface area contributed by atoms with E-state index < -0.39 is 23.8 Å². The Morgan fingerprint density at radius 3 is 2.46 bits per heavy atom. The second kappa shape index (κ2) is 7.68. The lowest BCUT2D eigenvalue weighted by Gasteiger charge is -2.20. The van der Waals surface area contributed by atoms with Crippen LogP contribution < -0.4 is 5.32 Å². The smallest absolute Gasteiger partial charge is 0.416 e. The van der Waals surface area contributed by atoms with Gasteiger partial charge in [-0.3, -0.25) is 9.59 Å². The highest BCUT2D eigenvalue weighted by Gasteiger charge is 2.35. The first-order chi connectivity index (χ1) is 11.3. The third-order valence-electron chi connectivity index (χ3n) is 4.03. The molecular formula is C17H20F3NO3. The number of benzene rings is 1. The van der Waals surface area contributed by atoms with Gasteiger partial charge in [-0.15, -0.1) is 0 Å². The van der Waals surface area contributed by atoms with Gasteiger partial charge in [0.2, 0.25) is 5.91 Å². The number of unbranched alkanes of at least 4 members (excludes halogenated alkanes) is 1. The second-order valence-corrected chi connectivity index (χ2v) is 6.11. The van der Waals surface area contributed by atoms with Crippen molar-refractivity contribution in [3.05, 3.63) is 35.4 Å². The van der Waals surface area contributed by atoms with Crippen molar-refractivity contribution in [2.45, 2.75) is 50.7 Å². The number of rotatable bonds is 8. The van der Waals surface area contributed by atoms with E-state index in [1.807, 2.05) is 0 Å². The summed E-state index contributed by atoms with van der Waals surface area (Å²) in [6, 6.07) is 4.64. The van der Waals surface area contributed by atoms with Gasteiger partial charge in [0.25, 0.3) is 0 Å². The van der Waals surface area contributed by atoms with Crippen molar-refractivity contribution in [2.24, 2.45) is 5.92 Å². The molecule has 0 spiro atoms. The first-order valence-electron chi connectivity index (χ1n) is 7.95. The molecule has 132 valence electrons. The van der Waals surface area contributed by atoms with Crippen LogP contribution in [0.3, 0.4) is 0 Å². The number of aliphatic carboxylic acids is 1. The molecule has 7 heteroatoms. The molecule has 1 aliphatic carbocycles. The topological polar surface area (TPSA) is 66.4 Å². The number of alkyl halides is 3. The SMILES string of the molecule is O=C(O)CCCCC(=O)NC(c1cccc(C(F)(F)F)c1)C1CC1. The Balaban J connectivity index is 1.97. The van der Waals surface area contributed by atoms with Gasteiger partial charge < -0.3 is 10.4 Å². The number of carbonyl (C=O) groups excluding carboxylic acids is 1. The van der Waals surface area contributed by atoms with Crippen LogP contribution in [0.1, 0.15) is 55.7 Å². The Labute approximate surface area is 138 Å². The van der Waals surface area contributed by atoms with Crippen molar-refractivity contribution in [3.8, 4) is 0 Å². The van der Waals surface area contributed by atoms with Crippen LogP contribution in [0.4, 0.5) is 13.2 Å². The third-order valence-corrected chi connectivity index (χ3v) is 4.03. The molecule has 4 nitrogen and oxygen atoms in total. The predicted octanol–water partition coefficient (Wildman–Crippen LogP) is 3.92. The van der Waals surface area contributed by atoms with E-state index in [0.29, 0.717) is 18.4 Å².